The average molecular weight is 196 g/mol. The maximum absolute atomic E-state index is 11.8. The van der Waals surface area contributed by atoms with Gasteiger partial charge in [-0.05, 0) is 40.9 Å². The zero-order valence-electron chi connectivity index (χ0n) is 9.53. The van der Waals surface area contributed by atoms with E-state index in [9.17, 15) is 4.79 Å². The van der Waals surface area contributed by atoms with Gasteiger partial charge in [0.25, 0.3) is 0 Å². The van der Waals surface area contributed by atoms with Gasteiger partial charge in [-0.2, -0.15) is 0 Å². The predicted octanol–water partition coefficient (Wildman–Crippen LogP) is 1.32. The fourth-order valence-corrected chi connectivity index (χ4v) is 1.59. The van der Waals surface area contributed by atoms with Crippen LogP contribution in [0.15, 0.2) is 12.3 Å². The van der Waals surface area contributed by atoms with Crippen molar-refractivity contribution in [3.05, 3.63) is 12.3 Å². The standard InChI is InChI=1S/C11H20N2O/c1-9(2)13-8-6-10(11(13)14)5-7-12(3)4/h6,8-10H,5,7H2,1-4H3. The Bertz CT molecular complexity index is 233. The molecule has 1 aliphatic rings. The van der Waals surface area contributed by atoms with Crippen LogP contribution in [0.3, 0.4) is 0 Å². The minimum absolute atomic E-state index is 0.0970. The second kappa shape index (κ2) is 4.60. The monoisotopic (exact) mass is 196 g/mol. The van der Waals surface area contributed by atoms with E-state index in [1.165, 1.54) is 0 Å². The maximum atomic E-state index is 11.8. The number of carbonyl (C=O) groups is 1. The molecule has 3 heteroatoms. The summed E-state index contributed by atoms with van der Waals surface area (Å²) < 4.78 is 0. The van der Waals surface area contributed by atoms with Crippen molar-refractivity contribution in [3.8, 4) is 0 Å². The van der Waals surface area contributed by atoms with Crippen LogP contribution in [0.5, 0.6) is 0 Å². The van der Waals surface area contributed by atoms with Gasteiger partial charge in [0.1, 0.15) is 0 Å². The van der Waals surface area contributed by atoms with Gasteiger partial charge in [-0.3, -0.25) is 4.79 Å². The van der Waals surface area contributed by atoms with Crippen LogP contribution in [0.2, 0.25) is 0 Å². The van der Waals surface area contributed by atoms with Crippen molar-refractivity contribution in [2.24, 2.45) is 5.92 Å². The molecule has 0 saturated carbocycles. The molecule has 1 rings (SSSR count). The summed E-state index contributed by atoms with van der Waals surface area (Å²) in [6, 6.07) is 0.281. The highest BCUT2D eigenvalue weighted by Crippen LogP contribution is 2.20. The highest BCUT2D eigenvalue weighted by Gasteiger charge is 2.27. The van der Waals surface area contributed by atoms with E-state index in [0.717, 1.165) is 13.0 Å². The molecule has 1 heterocycles. The summed E-state index contributed by atoms with van der Waals surface area (Å²) >= 11 is 0. The van der Waals surface area contributed by atoms with Crippen molar-refractivity contribution in [1.29, 1.82) is 0 Å². The zero-order chi connectivity index (χ0) is 10.7. The lowest BCUT2D eigenvalue weighted by atomic mass is 10.1. The third-order valence-corrected chi connectivity index (χ3v) is 2.49. The number of hydrogen-bond donors (Lipinski definition) is 0. The SMILES string of the molecule is CC(C)N1C=CC(CCN(C)C)C1=O. The lowest BCUT2D eigenvalue weighted by Gasteiger charge is -2.20. The van der Waals surface area contributed by atoms with Crippen LogP contribution in [-0.2, 0) is 4.79 Å². The number of nitrogens with zero attached hydrogens (tertiary/aromatic N) is 2. The summed E-state index contributed by atoms with van der Waals surface area (Å²) in [6.45, 7) is 5.04. The molecule has 0 N–H and O–H groups in total. The Morgan fingerprint density at radius 3 is 2.57 bits per heavy atom. The molecule has 0 bridgehead atoms. The van der Waals surface area contributed by atoms with Gasteiger partial charge >= 0.3 is 0 Å². The number of carbonyl (C=O) groups excluding carboxylic acids is 1. The maximum Gasteiger partial charge on any atom is 0.233 e. The van der Waals surface area contributed by atoms with Crippen LogP contribution in [-0.4, -0.2) is 42.4 Å². The average Bonchev–Trinajstić information content (AvgIpc) is 2.43. The zero-order valence-corrected chi connectivity index (χ0v) is 9.53. The largest absolute Gasteiger partial charge is 0.316 e. The Balaban J connectivity index is 2.45. The molecule has 80 valence electrons. The van der Waals surface area contributed by atoms with Crippen LogP contribution in [0.25, 0.3) is 0 Å². The molecule has 0 aromatic rings. The van der Waals surface area contributed by atoms with Crippen LogP contribution in [0, 0.1) is 5.92 Å². The Kier molecular flexibility index (Phi) is 3.69. The van der Waals surface area contributed by atoms with Gasteiger partial charge in [0.05, 0.1) is 5.92 Å². The van der Waals surface area contributed by atoms with E-state index in [2.05, 4.69) is 4.90 Å². The topological polar surface area (TPSA) is 23.6 Å². The first-order valence-electron chi connectivity index (χ1n) is 5.17. The molecular formula is C11H20N2O. The molecule has 14 heavy (non-hydrogen) atoms. The minimum atomic E-state index is 0.0970. The molecule has 0 fully saturated rings. The number of amides is 1. The van der Waals surface area contributed by atoms with E-state index >= 15 is 0 Å². The summed E-state index contributed by atoms with van der Waals surface area (Å²) in [4.78, 5) is 15.7. The van der Waals surface area contributed by atoms with Crippen LogP contribution in [0.4, 0.5) is 0 Å². The molecule has 1 amide bonds. The third-order valence-electron chi connectivity index (χ3n) is 2.49. The van der Waals surface area contributed by atoms with E-state index in [1.807, 2.05) is 45.1 Å². The minimum Gasteiger partial charge on any atom is -0.316 e. The van der Waals surface area contributed by atoms with Gasteiger partial charge in [-0.1, -0.05) is 6.08 Å². The summed E-state index contributed by atoms with van der Waals surface area (Å²) in [6.07, 6.45) is 4.87. The number of hydrogen-bond acceptors (Lipinski definition) is 2. The van der Waals surface area contributed by atoms with Gasteiger partial charge in [0.15, 0.2) is 0 Å². The van der Waals surface area contributed by atoms with Crippen molar-refractivity contribution in [2.75, 3.05) is 20.6 Å². The molecule has 1 aliphatic heterocycles. The van der Waals surface area contributed by atoms with Gasteiger partial charge in [0, 0.05) is 12.2 Å². The molecule has 1 atom stereocenters. The van der Waals surface area contributed by atoms with Crippen molar-refractivity contribution in [1.82, 2.24) is 9.80 Å². The normalized spacial score (nSPS) is 21.7. The number of rotatable bonds is 4. The Morgan fingerprint density at radius 1 is 1.50 bits per heavy atom. The van der Waals surface area contributed by atoms with Crippen molar-refractivity contribution >= 4 is 5.91 Å². The summed E-state index contributed by atoms with van der Waals surface area (Å²) in [7, 11) is 4.06. The summed E-state index contributed by atoms with van der Waals surface area (Å²) in [5.74, 6) is 0.349. The van der Waals surface area contributed by atoms with E-state index in [0.29, 0.717) is 0 Å². The quantitative estimate of drug-likeness (QED) is 0.677. The van der Waals surface area contributed by atoms with Gasteiger partial charge < -0.3 is 9.80 Å². The summed E-state index contributed by atoms with van der Waals surface area (Å²) in [5, 5.41) is 0. The molecule has 0 aromatic carbocycles. The molecule has 1 unspecified atom stereocenters. The van der Waals surface area contributed by atoms with Crippen molar-refractivity contribution < 1.29 is 4.79 Å². The van der Waals surface area contributed by atoms with Gasteiger partial charge in [-0.25, -0.2) is 0 Å². The van der Waals surface area contributed by atoms with Crippen molar-refractivity contribution in [3.63, 3.8) is 0 Å². The molecule has 0 aliphatic carbocycles. The lowest BCUT2D eigenvalue weighted by Crippen LogP contribution is -2.32. The molecule has 3 nitrogen and oxygen atoms in total. The highest BCUT2D eigenvalue weighted by atomic mass is 16.2. The second-order valence-corrected chi connectivity index (χ2v) is 4.38. The van der Waals surface area contributed by atoms with Crippen LogP contribution >= 0.6 is 0 Å². The first-order chi connectivity index (χ1) is 6.52. The fourth-order valence-electron chi connectivity index (χ4n) is 1.59. The van der Waals surface area contributed by atoms with Gasteiger partial charge in [0.2, 0.25) is 5.91 Å². The second-order valence-electron chi connectivity index (χ2n) is 4.38. The molecule has 0 aromatic heterocycles. The van der Waals surface area contributed by atoms with E-state index in [4.69, 9.17) is 0 Å². The molecule has 0 radical (unpaired) electrons. The van der Waals surface area contributed by atoms with Crippen molar-refractivity contribution in [2.45, 2.75) is 26.3 Å². The smallest absolute Gasteiger partial charge is 0.233 e. The summed E-state index contributed by atoms with van der Waals surface area (Å²) in [5.41, 5.74) is 0. The Hall–Kier alpha value is -0.830. The Morgan fingerprint density at radius 2 is 2.14 bits per heavy atom. The molecular weight excluding hydrogens is 176 g/mol. The van der Waals surface area contributed by atoms with E-state index in [-0.39, 0.29) is 17.9 Å². The fraction of sp³-hybridized carbons (Fsp3) is 0.727. The van der Waals surface area contributed by atoms with E-state index in [1.54, 1.807) is 0 Å². The third kappa shape index (κ3) is 2.58. The van der Waals surface area contributed by atoms with E-state index < -0.39 is 0 Å². The first kappa shape index (κ1) is 11.2. The van der Waals surface area contributed by atoms with Gasteiger partial charge in [-0.15, -0.1) is 0 Å². The molecule has 0 spiro atoms. The van der Waals surface area contributed by atoms with Crippen LogP contribution in [0.1, 0.15) is 20.3 Å². The lowest BCUT2D eigenvalue weighted by molar-refractivity contribution is -0.131. The Labute approximate surface area is 86.4 Å². The first-order valence-corrected chi connectivity index (χ1v) is 5.17. The molecule has 0 saturated heterocycles. The predicted molar refractivity (Wildman–Crippen MR) is 57.8 cm³/mol. The van der Waals surface area contributed by atoms with Crippen LogP contribution < -0.4 is 0 Å². The highest BCUT2D eigenvalue weighted by molar-refractivity contribution is 5.84.